The van der Waals surface area contributed by atoms with Gasteiger partial charge in [0, 0.05) is 23.1 Å². The monoisotopic (exact) mass is 350 g/mol. The van der Waals surface area contributed by atoms with Gasteiger partial charge in [-0.05, 0) is 66.7 Å². The molecule has 0 bridgehead atoms. The first kappa shape index (κ1) is 15.0. The highest BCUT2D eigenvalue weighted by Crippen LogP contribution is 2.31. The Labute approximate surface area is 135 Å². The fourth-order valence-corrected chi connectivity index (χ4v) is 3.50. The van der Waals surface area contributed by atoms with Crippen LogP contribution in [0.2, 0.25) is 0 Å². The van der Waals surface area contributed by atoms with E-state index in [2.05, 4.69) is 26.1 Å². The number of nitrogens with zero attached hydrogens (tertiary/aromatic N) is 1. The molecular weight excluding hydrogens is 328 g/mol. The van der Waals surface area contributed by atoms with Crippen molar-refractivity contribution in [3.05, 3.63) is 33.8 Å². The van der Waals surface area contributed by atoms with Gasteiger partial charge in [-0.1, -0.05) is 18.6 Å². The van der Waals surface area contributed by atoms with Crippen LogP contribution in [0.5, 0.6) is 0 Å². The Kier molecular flexibility index (Phi) is 4.65. The molecule has 0 aromatic heterocycles. The van der Waals surface area contributed by atoms with Gasteiger partial charge in [0.25, 0.3) is 5.91 Å². The van der Waals surface area contributed by atoms with Crippen LogP contribution >= 0.6 is 15.9 Å². The lowest BCUT2D eigenvalue weighted by Crippen LogP contribution is -2.46. The number of carbonyl (C=O) groups excluding carboxylic acids is 1. The summed E-state index contributed by atoms with van der Waals surface area (Å²) in [5.41, 5.74) is 1.92. The zero-order valence-corrected chi connectivity index (χ0v) is 14.2. The molecule has 21 heavy (non-hydrogen) atoms. The second kappa shape index (κ2) is 6.49. The number of halogens is 1. The van der Waals surface area contributed by atoms with Crippen LogP contribution < -0.4 is 5.32 Å². The Morgan fingerprint density at radius 2 is 2.14 bits per heavy atom. The van der Waals surface area contributed by atoms with Crippen molar-refractivity contribution in [1.82, 2.24) is 10.2 Å². The normalized spacial score (nSPS) is 22.1. The van der Waals surface area contributed by atoms with Gasteiger partial charge < -0.3 is 10.2 Å². The third-order valence-corrected chi connectivity index (χ3v) is 5.55. The number of rotatable bonds is 4. The van der Waals surface area contributed by atoms with Crippen LogP contribution in [0.25, 0.3) is 0 Å². The van der Waals surface area contributed by atoms with Crippen molar-refractivity contribution in [1.29, 1.82) is 0 Å². The number of carbonyl (C=O) groups is 1. The lowest BCUT2D eigenvalue weighted by atomic mass is 10.0. The van der Waals surface area contributed by atoms with E-state index in [1.54, 1.807) is 0 Å². The standard InChI is InChI=1S/C17H23BrN2O/c1-12-5-4-7-15(16(12)18)17(21)20(14-8-9-14)11-13-6-2-3-10-19-13/h4-5,7,13-14,19H,2-3,6,8-11H2,1H3. The number of nitrogens with one attached hydrogen (secondary N) is 1. The van der Waals surface area contributed by atoms with E-state index in [9.17, 15) is 4.79 Å². The van der Waals surface area contributed by atoms with Gasteiger partial charge in [-0.3, -0.25) is 4.79 Å². The third-order valence-electron chi connectivity index (χ3n) is 4.50. The van der Waals surface area contributed by atoms with Crippen molar-refractivity contribution in [3.8, 4) is 0 Å². The highest BCUT2D eigenvalue weighted by molar-refractivity contribution is 9.10. The SMILES string of the molecule is Cc1cccc(C(=O)N(CC2CCCCN2)C2CC2)c1Br. The molecule has 0 radical (unpaired) electrons. The molecule has 1 aromatic rings. The summed E-state index contributed by atoms with van der Waals surface area (Å²) in [7, 11) is 0. The second-order valence-corrected chi connectivity index (χ2v) is 7.06. The molecule has 3 nitrogen and oxygen atoms in total. The summed E-state index contributed by atoms with van der Waals surface area (Å²) in [6.45, 7) is 3.97. The van der Waals surface area contributed by atoms with Gasteiger partial charge in [-0.25, -0.2) is 0 Å². The maximum absolute atomic E-state index is 12.9. The number of hydrogen-bond acceptors (Lipinski definition) is 2. The molecule has 1 N–H and O–H groups in total. The van der Waals surface area contributed by atoms with Gasteiger partial charge in [0.05, 0.1) is 5.56 Å². The van der Waals surface area contributed by atoms with Gasteiger partial charge in [0.15, 0.2) is 0 Å². The van der Waals surface area contributed by atoms with E-state index >= 15 is 0 Å². The molecule has 1 saturated carbocycles. The third kappa shape index (κ3) is 3.49. The molecule has 1 aliphatic carbocycles. The molecule has 1 heterocycles. The summed E-state index contributed by atoms with van der Waals surface area (Å²) in [6, 6.07) is 6.85. The molecule has 3 rings (SSSR count). The summed E-state index contributed by atoms with van der Waals surface area (Å²) in [5, 5.41) is 3.56. The van der Waals surface area contributed by atoms with Gasteiger partial charge in [0.1, 0.15) is 0 Å². The molecule has 1 aromatic carbocycles. The molecule has 1 unspecified atom stereocenters. The van der Waals surface area contributed by atoms with Crippen LogP contribution in [0.15, 0.2) is 22.7 Å². The molecule has 0 spiro atoms. The van der Waals surface area contributed by atoms with Gasteiger partial charge in [-0.15, -0.1) is 0 Å². The minimum atomic E-state index is 0.181. The number of amides is 1. The first-order chi connectivity index (χ1) is 10.2. The Morgan fingerprint density at radius 3 is 2.81 bits per heavy atom. The average Bonchev–Trinajstić information content (AvgIpc) is 3.33. The summed E-state index contributed by atoms with van der Waals surface area (Å²) >= 11 is 3.58. The Morgan fingerprint density at radius 1 is 1.33 bits per heavy atom. The van der Waals surface area contributed by atoms with Crippen molar-refractivity contribution in [2.75, 3.05) is 13.1 Å². The minimum absolute atomic E-state index is 0.181. The van der Waals surface area contributed by atoms with Crippen LogP contribution in [0.4, 0.5) is 0 Å². The molecule has 114 valence electrons. The van der Waals surface area contributed by atoms with E-state index in [0.29, 0.717) is 12.1 Å². The van der Waals surface area contributed by atoms with Crippen LogP contribution in [0.1, 0.15) is 48.0 Å². The quantitative estimate of drug-likeness (QED) is 0.901. The molecule has 1 atom stereocenters. The molecule has 1 saturated heterocycles. The van der Waals surface area contributed by atoms with Crippen molar-refractivity contribution in [3.63, 3.8) is 0 Å². The first-order valence-electron chi connectivity index (χ1n) is 7.96. The number of benzene rings is 1. The van der Waals surface area contributed by atoms with Crippen molar-refractivity contribution in [2.45, 2.75) is 51.1 Å². The van der Waals surface area contributed by atoms with Gasteiger partial charge in [0.2, 0.25) is 0 Å². The van der Waals surface area contributed by atoms with Crippen molar-refractivity contribution >= 4 is 21.8 Å². The molecule has 1 aliphatic heterocycles. The molecule has 2 fully saturated rings. The topological polar surface area (TPSA) is 32.3 Å². The summed E-state index contributed by atoms with van der Waals surface area (Å²) in [5.74, 6) is 0.181. The van der Waals surface area contributed by atoms with E-state index in [1.165, 1.54) is 19.3 Å². The van der Waals surface area contributed by atoms with Gasteiger partial charge in [-0.2, -0.15) is 0 Å². The lowest BCUT2D eigenvalue weighted by molar-refractivity contribution is 0.0717. The lowest BCUT2D eigenvalue weighted by Gasteiger charge is -2.31. The second-order valence-electron chi connectivity index (χ2n) is 6.27. The largest absolute Gasteiger partial charge is 0.334 e. The fourth-order valence-electron chi connectivity index (χ4n) is 3.07. The zero-order chi connectivity index (χ0) is 14.8. The van der Waals surface area contributed by atoms with Gasteiger partial charge >= 0.3 is 0 Å². The number of aryl methyl sites for hydroxylation is 1. The zero-order valence-electron chi connectivity index (χ0n) is 12.6. The van der Waals surface area contributed by atoms with Crippen LogP contribution in [0.3, 0.4) is 0 Å². The highest BCUT2D eigenvalue weighted by atomic mass is 79.9. The number of hydrogen-bond donors (Lipinski definition) is 1. The van der Waals surface area contributed by atoms with E-state index < -0.39 is 0 Å². The summed E-state index contributed by atoms with van der Waals surface area (Å²) in [4.78, 5) is 15.0. The molecular formula is C17H23BrN2O. The van der Waals surface area contributed by atoms with Crippen LogP contribution in [0, 0.1) is 6.92 Å². The van der Waals surface area contributed by atoms with E-state index in [0.717, 1.165) is 41.5 Å². The molecule has 1 amide bonds. The first-order valence-corrected chi connectivity index (χ1v) is 8.75. The molecule has 4 heteroatoms. The number of piperidine rings is 1. The highest BCUT2D eigenvalue weighted by Gasteiger charge is 2.35. The Hall–Kier alpha value is -0.870. The maximum Gasteiger partial charge on any atom is 0.255 e. The Balaban J connectivity index is 1.76. The van der Waals surface area contributed by atoms with E-state index in [-0.39, 0.29) is 5.91 Å². The van der Waals surface area contributed by atoms with Crippen molar-refractivity contribution in [2.24, 2.45) is 0 Å². The van der Waals surface area contributed by atoms with Crippen molar-refractivity contribution < 1.29 is 4.79 Å². The predicted molar refractivity (Wildman–Crippen MR) is 88.6 cm³/mol. The van der Waals surface area contributed by atoms with Crippen LogP contribution in [-0.4, -0.2) is 36.0 Å². The fraction of sp³-hybridized carbons (Fsp3) is 0.588. The maximum atomic E-state index is 12.9. The predicted octanol–water partition coefficient (Wildman–Crippen LogP) is 3.50. The van der Waals surface area contributed by atoms with Crippen LogP contribution in [-0.2, 0) is 0 Å². The summed E-state index contributed by atoms with van der Waals surface area (Å²) < 4.78 is 0.942. The summed E-state index contributed by atoms with van der Waals surface area (Å²) in [6.07, 6.45) is 6.03. The van der Waals surface area contributed by atoms with E-state index in [4.69, 9.17) is 0 Å². The molecule has 2 aliphatic rings. The smallest absolute Gasteiger partial charge is 0.255 e. The van der Waals surface area contributed by atoms with E-state index in [1.807, 2.05) is 25.1 Å². The average molecular weight is 351 g/mol. The minimum Gasteiger partial charge on any atom is -0.334 e. The Bertz CT molecular complexity index is 522.